The lowest BCUT2D eigenvalue weighted by Gasteiger charge is -2.35. The summed E-state index contributed by atoms with van der Waals surface area (Å²) in [4.78, 5) is 12.5. The van der Waals surface area contributed by atoms with Crippen LogP contribution in [0.4, 0.5) is 0 Å². The summed E-state index contributed by atoms with van der Waals surface area (Å²) in [6.45, 7) is 24.9. The zero-order valence-electron chi connectivity index (χ0n) is 29.0. The summed E-state index contributed by atoms with van der Waals surface area (Å²) in [6.07, 6.45) is 33.3. The standard InChI is InChI=1S/C40H63N3S/c1-9-14-20-34(6)36(8)40(24-11-3)25-19-28-43(29-26-40)33-38(23-18-27-41-32-37(12-4)22-15-10-2)31-39(13-5)42-35(7)21-16-17-30-44/h9-10,12,14-15,18,20,22-23,31-32,39,44H,1-2,11,13,16-17,19,21,24-30,33H2,3-8H3/b20-14-,22-15-,23-18-,36-34+,37-12+,38-31+,41-32+,42-35+. The first-order valence-electron chi connectivity index (χ1n) is 16.9. The van der Waals surface area contributed by atoms with E-state index in [1.165, 1.54) is 49.0 Å². The van der Waals surface area contributed by atoms with Crippen LogP contribution in [0.2, 0.25) is 0 Å². The Morgan fingerprint density at radius 1 is 1.00 bits per heavy atom. The van der Waals surface area contributed by atoms with E-state index in [-0.39, 0.29) is 11.5 Å². The van der Waals surface area contributed by atoms with Gasteiger partial charge in [0.1, 0.15) is 0 Å². The molecule has 3 nitrogen and oxygen atoms in total. The van der Waals surface area contributed by atoms with E-state index in [2.05, 4.69) is 107 Å². The van der Waals surface area contributed by atoms with Gasteiger partial charge < -0.3 is 0 Å². The van der Waals surface area contributed by atoms with Gasteiger partial charge in [-0.25, -0.2) is 0 Å². The molecule has 0 aromatic carbocycles. The summed E-state index contributed by atoms with van der Waals surface area (Å²) in [5.41, 5.74) is 6.91. The summed E-state index contributed by atoms with van der Waals surface area (Å²) >= 11 is 4.37. The van der Waals surface area contributed by atoms with Gasteiger partial charge in [-0.2, -0.15) is 12.6 Å². The Labute approximate surface area is 277 Å². The molecule has 0 aromatic heterocycles. The van der Waals surface area contributed by atoms with Crippen LogP contribution in [0.1, 0.15) is 99.3 Å². The van der Waals surface area contributed by atoms with Gasteiger partial charge in [0.25, 0.3) is 0 Å². The first-order chi connectivity index (χ1) is 21.3. The van der Waals surface area contributed by atoms with Crippen LogP contribution in [0, 0.1) is 5.41 Å². The second kappa shape index (κ2) is 23.9. The van der Waals surface area contributed by atoms with Crippen molar-refractivity contribution in [3.8, 4) is 0 Å². The normalized spacial score (nSPS) is 21.0. The predicted molar refractivity (Wildman–Crippen MR) is 204 cm³/mol. The summed E-state index contributed by atoms with van der Waals surface area (Å²) in [5, 5.41) is 0. The first kappa shape index (κ1) is 39.6. The fourth-order valence-electron chi connectivity index (χ4n) is 6.02. The third kappa shape index (κ3) is 15.5. The van der Waals surface area contributed by atoms with Crippen molar-refractivity contribution in [1.29, 1.82) is 0 Å². The second-order valence-electron chi connectivity index (χ2n) is 12.1. The smallest absolute Gasteiger partial charge is 0.0682 e. The fraction of sp³-hybridized carbons (Fsp3) is 0.550. The molecule has 44 heavy (non-hydrogen) atoms. The Balaban J connectivity index is 3.23. The Morgan fingerprint density at radius 3 is 2.41 bits per heavy atom. The highest BCUT2D eigenvalue weighted by Crippen LogP contribution is 2.44. The van der Waals surface area contributed by atoms with Gasteiger partial charge in [0.15, 0.2) is 0 Å². The molecule has 0 saturated carbocycles. The molecule has 1 heterocycles. The highest BCUT2D eigenvalue weighted by atomic mass is 32.1. The molecular weight excluding hydrogens is 555 g/mol. The van der Waals surface area contributed by atoms with Gasteiger partial charge in [0, 0.05) is 18.5 Å². The van der Waals surface area contributed by atoms with E-state index in [1.807, 2.05) is 31.4 Å². The molecule has 1 aliphatic heterocycles. The molecule has 0 amide bonds. The third-order valence-electron chi connectivity index (χ3n) is 8.74. The summed E-state index contributed by atoms with van der Waals surface area (Å²) in [6, 6.07) is 0.198. The molecular formula is C40H63N3S. The number of likely N-dealkylation sites (tertiary alicyclic amines) is 1. The minimum Gasteiger partial charge on any atom is -0.299 e. The summed E-state index contributed by atoms with van der Waals surface area (Å²) in [7, 11) is 0. The zero-order chi connectivity index (χ0) is 32.6. The van der Waals surface area contributed by atoms with Gasteiger partial charge in [0.05, 0.1) is 12.6 Å². The number of hydrogen-bond acceptors (Lipinski definition) is 4. The maximum absolute atomic E-state index is 5.13. The average Bonchev–Trinajstić information content (AvgIpc) is 3.23. The molecule has 1 fully saturated rings. The number of nitrogens with zero attached hydrogens (tertiary/aromatic N) is 3. The molecule has 1 rings (SSSR count). The third-order valence-corrected chi connectivity index (χ3v) is 9.06. The minimum atomic E-state index is 0.198. The van der Waals surface area contributed by atoms with Crippen LogP contribution in [0.15, 0.2) is 106 Å². The maximum atomic E-state index is 5.13. The lowest BCUT2D eigenvalue weighted by atomic mass is 9.70. The molecule has 1 aliphatic rings. The summed E-state index contributed by atoms with van der Waals surface area (Å²) < 4.78 is 0. The van der Waals surface area contributed by atoms with Gasteiger partial charge in [-0.15, -0.1) is 0 Å². The van der Waals surface area contributed by atoms with E-state index in [0.717, 1.165) is 56.6 Å². The predicted octanol–water partition coefficient (Wildman–Crippen LogP) is 10.9. The molecule has 2 atom stereocenters. The van der Waals surface area contributed by atoms with Gasteiger partial charge in [-0.3, -0.25) is 14.9 Å². The summed E-state index contributed by atoms with van der Waals surface area (Å²) in [5.74, 6) is 0.942. The molecule has 0 aliphatic carbocycles. The van der Waals surface area contributed by atoms with E-state index in [0.29, 0.717) is 6.54 Å². The topological polar surface area (TPSA) is 28.0 Å². The lowest BCUT2D eigenvalue weighted by molar-refractivity contribution is 0.258. The quantitative estimate of drug-likeness (QED) is 0.0626. The highest BCUT2D eigenvalue weighted by molar-refractivity contribution is 7.80. The monoisotopic (exact) mass is 617 g/mol. The zero-order valence-corrected chi connectivity index (χ0v) is 29.9. The lowest BCUT2D eigenvalue weighted by Crippen LogP contribution is -2.29. The molecule has 244 valence electrons. The van der Waals surface area contributed by atoms with Crippen molar-refractivity contribution in [2.45, 2.75) is 105 Å². The largest absolute Gasteiger partial charge is 0.299 e. The number of rotatable bonds is 20. The number of thiol groups is 1. The van der Waals surface area contributed by atoms with E-state index in [9.17, 15) is 0 Å². The van der Waals surface area contributed by atoms with Crippen LogP contribution in [0.5, 0.6) is 0 Å². The van der Waals surface area contributed by atoms with Crippen molar-refractivity contribution in [3.63, 3.8) is 0 Å². The van der Waals surface area contributed by atoms with E-state index in [4.69, 9.17) is 4.99 Å². The molecule has 0 radical (unpaired) electrons. The van der Waals surface area contributed by atoms with E-state index in [1.54, 1.807) is 11.6 Å². The van der Waals surface area contributed by atoms with Gasteiger partial charge in [-0.05, 0) is 114 Å². The van der Waals surface area contributed by atoms with Crippen LogP contribution in [-0.2, 0) is 0 Å². The number of hydrogen-bond donors (Lipinski definition) is 1. The number of unbranched alkanes of at least 4 members (excludes halogenated alkanes) is 1. The number of aliphatic imine (C=N–C) groups is 2. The SMILES string of the molecule is C=C\C=C/C(/C=N/C/C=C\C(=C/C(CC)/N=C(\C)CCCCS)CN1CCCC(CCC)(/C(C)=C(C)/C=C\C=C)CC1)=C\C. The van der Waals surface area contributed by atoms with Crippen molar-refractivity contribution < 1.29 is 0 Å². The second-order valence-corrected chi connectivity index (χ2v) is 12.6. The molecule has 4 heteroatoms. The molecule has 0 spiro atoms. The van der Waals surface area contributed by atoms with Crippen LogP contribution in [0.25, 0.3) is 0 Å². The Kier molecular flexibility index (Phi) is 21.5. The highest BCUT2D eigenvalue weighted by Gasteiger charge is 2.34. The number of allylic oxidation sites excluding steroid dienone is 10. The Hall–Kier alpha value is -2.43. The molecule has 0 aromatic rings. The van der Waals surface area contributed by atoms with Crippen LogP contribution >= 0.6 is 12.6 Å². The van der Waals surface area contributed by atoms with Gasteiger partial charge in [-0.1, -0.05) is 105 Å². The molecule has 1 saturated heterocycles. The van der Waals surface area contributed by atoms with E-state index >= 15 is 0 Å². The molecule has 0 bridgehead atoms. The van der Waals surface area contributed by atoms with E-state index < -0.39 is 0 Å². The van der Waals surface area contributed by atoms with Crippen LogP contribution < -0.4 is 0 Å². The van der Waals surface area contributed by atoms with Crippen molar-refractivity contribution >= 4 is 24.6 Å². The van der Waals surface area contributed by atoms with Crippen molar-refractivity contribution in [2.24, 2.45) is 15.4 Å². The Morgan fingerprint density at radius 2 is 1.75 bits per heavy atom. The molecule has 0 N–H and O–H groups in total. The van der Waals surface area contributed by atoms with Gasteiger partial charge in [0.2, 0.25) is 0 Å². The van der Waals surface area contributed by atoms with Gasteiger partial charge >= 0.3 is 0 Å². The first-order valence-corrected chi connectivity index (χ1v) is 17.6. The maximum Gasteiger partial charge on any atom is 0.0682 e. The van der Waals surface area contributed by atoms with Crippen molar-refractivity contribution in [2.75, 3.05) is 31.9 Å². The average molecular weight is 618 g/mol. The van der Waals surface area contributed by atoms with Crippen molar-refractivity contribution in [1.82, 2.24) is 4.90 Å². The van der Waals surface area contributed by atoms with Crippen molar-refractivity contribution in [3.05, 3.63) is 96.2 Å². The fourth-order valence-corrected chi connectivity index (χ4v) is 6.25. The minimum absolute atomic E-state index is 0.198. The van der Waals surface area contributed by atoms with Crippen LogP contribution in [-0.4, -0.2) is 54.8 Å². The van der Waals surface area contributed by atoms with Crippen LogP contribution in [0.3, 0.4) is 0 Å². The Bertz CT molecular complexity index is 1100. The molecule has 2 unspecified atom stereocenters.